The highest BCUT2D eigenvalue weighted by molar-refractivity contribution is 5.47. The molecule has 3 rings (SSSR count). The van der Waals surface area contributed by atoms with Gasteiger partial charge in [0.25, 0.3) is 0 Å². The third-order valence-corrected chi connectivity index (χ3v) is 5.27. The van der Waals surface area contributed by atoms with Gasteiger partial charge in [0.1, 0.15) is 18.1 Å². The first kappa shape index (κ1) is 19.7. The molecular formula is C23H32N2O2. The van der Waals surface area contributed by atoms with Crippen LogP contribution in [-0.4, -0.2) is 44.3 Å². The van der Waals surface area contributed by atoms with E-state index >= 15 is 0 Å². The largest absolute Gasteiger partial charge is 0.494 e. The van der Waals surface area contributed by atoms with E-state index in [0.717, 1.165) is 50.7 Å². The predicted octanol–water partition coefficient (Wildman–Crippen LogP) is 4.04. The number of hydrogen-bond acceptors (Lipinski definition) is 4. The Labute approximate surface area is 163 Å². The Hall–Kier alpha value is -2.04. The first-order valence-electron chi connectivity index (χ1n) is 10.2. The van der Waals surface area contributed by atoms with Crippen LogP contribution < -0.4 is 14.8 Å². The van der Waals surface area contributed by atoms with E-state index in [4.69, 9.17) is 9.47 Å². The van der Waals surface area contributed by atoms with Gasteiger partial charge in [0.15, 0.2) is 0 Å². The maximum absolute atomic E-state index is 6.02. The van der Waals surface area contributed by atoms with E-state index in [0.29, 0.717) is 6.61 Å². The third-order valence-electron chi connectivity index (χ3n) is 5.27. The van der Waals surface area contributed by atoms with Crippen LogP contribution in [0.3, 0.4) is 0 Å². The standard InChI is InChI=1S/C23H32N2O2/c1-4-25(5-2)15-16-27-19-11-12-20-18(17-19)13-14-24-23(20)21-9-7-8-10-22(21)26-6-3/h7-12,17,23-24H,4-6,13-16H2,1-3H3. The molecule has 0 saturated heterocycles. The minimum Gasteiger partial charge on any atom is -0.494 e. The molecule has 2 aromatic rings. The van der Waals surface area contributed by atoms with Crippen LogP contribution in [0.4, 0.5) is 0 Å². The highest BCUT2D eigenvalue weighted by Gasteiger charge is 2.24. The van der Waals surface area contributed by atoms with Crippen LogP contribution in [-0.2, 0) is 6.42 Å². The third kappa shape index (κ3) is 4.82. The lowest BCUT2D eigenvalue weighted by Gasteiger charge is -2.29. The summed E-state index contributed by atoms with van der Waals surface area (Å²) in [6.07, 6.45) is 1.02. The summed E-state index contributed by atoms with van der Waals surface area (Å²) in [6, 6.07) is 15.0. The van der Waals surface area contributed by atoms with Gasteiger partial charge in [0, 0.05) is 18.7 Å². The molecule has 146 valence electrons. The van der Waals surface area contributed by atoms with Crippen molar-refractivity contribution < 1.29 is 9.47 Å². The fourth-order valence-corrected chi connectivity index (χ4v) is 3.75. The number of fused-ring (bicyclic) bond motifs is 1. The van der Waals surface area contributed by atoms with Gasteiger partial charge < -0.3 is 19.7 Å². The first-order valence-corrected chi connectivity index (χ1v) is 10.2. The monoisotopic (exact) mass is 368 g/mol. The molecule has 1 heterocycles. The zero-order valence-electron chi connectivity index (χ0n) is 16.8. The smallest absolute Gasteiger partial charge is 0.124 e. The maximum atomic E-state index is 6.02. The number of benzene rings is 2. The van der Waals surface area contributed by atoms with E-state index in [1.165, 1.54) is 16.7 Å². The Morgan fingerprint density at radius 3 is 2.59 bits per heavy atom. The van der Waals surface area contributed by atoms with Crippen molar-refractivity contribution in [2.75, 3.05) is 39.4 Å². The second-order valence-corrected chi connectivity index (χ2v) is 6.84. The number of para-hydroxylation sites is 1. The van der Waals surface area contributed by atoms with Crippen molar-refractivity contribution in [1.82, 2.24) is 10.2 Å². The Kier molecular flexibility index (Phi) is 7.13. The van der Waals surface area contributed by atoms with Crippen molar-refractivity contribution in [2.24, 2.45) is 0 Å². The summed E-state index contributed by atoms with van der Waals surface area (Å²) >= 11 is 0. The van der Waals surface area contributed by atoms with E-state index in [-0.39, 0.29) is 6.04 Å². The molecular weight excluding hydrogens is 336 g/mol. The molecule has 0 amide bonds. The number of ether oxygens (including phenoxy) is 2. The molecule has 4 nitrogen and oxygen atoms in total. The van der Waals surface area contributed by atoms with Crippen LogP contribution in [0.5, 0.6) is 11.5 Å². The van der Waals surface area contributed by atoms with E-state index in [2.05, 4.69) is 60.5 Å². The summed E-state index contributed by atoms with van der Waals surface area (Å²) in [5.74, 6) is 1.93. The molecule has 0 radical (unpaired) electrons. The van der Waals surface area contributed by atoms with Crippen LogP contribution in [0, 0.1) is 0 Å². The Morgan fingerprint density at radius 2 is 1.81 bits per heavy atom. The van der Waals surface area contributed by atoms with Gasteiger partial charge in [-0.05, 0) is 55.8 Å². The summed E-state index contributed by atoms with van der Waals surface area (Å²) < 4.78 is 11.9. The molecule has 1 atom stereocenters. The highest BCUT2D eigenvalue weighted by atomic mass is 16.5. The van der Waals surface area contributed by atoms with Crippen LogP contribution in [0.15, 0.2) is 42.5 Å². The van der Waals surface area contributed by atoms with Gasteiger partial charge in [-0.3, -0.25) is 0 Å². The van der Waals surface area contributed by atoms with Crippen LogP contribution in [0.1, 0.15) is 43.5 Å². The molecule has 0 aliphatic carbocycles. The lowest BCUT2D eigenvalue weighted by Crippen LogP contribution is -2.31. The Morgan fingerprint density at radius 1 is 1.00 bits per heavy atom. The van der Waals surface area contributed by atoms with Gasteiger partial charge in [-0.2, -0.15) is 0 Å². The van der Waals surface area contributed by atoms with Gasteiger partial charge in [-0.25, -0.2) is 0 Å². The number of nitrogens with one attached hydrogen (secondary N) is 1. The van der Waals surface area contributed by atoms with Crippen LogP contribution in [0.25, 0.3) is 0 Å². The fraction of sp³-hybridized carbons (Fsp3) is 0.478. The minimum absolute atomic E-state index is 0.168. The summed E-state index contributed by atoms with van der Waals surface area (Å²) in [7, 11) is 0. The number of rotatable bonds is 9. The molecule has 1 aliphatic rings. The molecule has 0 saturated carbocycles. The van der Waals surface area contributed by atoms with Gasteiger partial charge in [0.05, 0.1) is 12.6 Å². The van der Waals surface area contributed by atoms with Crippen molar-refractivity contribution in [3.05, 3.63) is 59.2 Å². The van der Waals surface area contributed by atoms with Gasteiger partial charge >= 0.3 is 0 Å². The molecule has 0 spiro atoms. The van der Waals surface area contributed by atoms with Gasteiger partial charge in [-0.15, -0.1) is 0 Å². The molecule has 27 heavy (non-hydrogen) atoms. The van der Waals surface area contributed by atoms with Gasteiger partial charge in [0.2, 0.25) is 0 Å². The topological polar surface area (TPSA) is 33.7 Å². The number of nitrogens with zero attached hydrogens (tertiary/aromatic N) is 1. The zero-order valence-corrected chi connectivity index (χ0v) is 16.8. The molecule has 4 heteroatoms. The summed E-state index contributed by atoms with van der Waals surface area (Å²) in [4.78, 5) is 2.38. The Bertz CT molecular complexity index is 728. The molecule has 0 aromatic heterocycles. The summed E-state index contributed by atoms with van der Waals surface area (Å²) in [5, 5.41) is 3.66. The quantitative estimate of drug-likeness (QED) is 0.724. The van der Waals surface area contributed by atoms with E-state index < -0.39 is 0 Å². The SMILES string of the molecule is CCOc1ccccc1C1NCCc2cc(OCCN(CC)CC)ccc21. The molecule has 1 aliphatic heterocycles. The fourth-order valence-electron chi connectivity index (χ4n) is 3.75. The zero-order chi connectivity index (χ0) is 19.1. The summed E-state index contributed by atoms with van der Waals surface area (Å²) in [5.41, 5.74) is 3.89. The van der Waals surface area contributed by atoms with Gasteiger partial charge in [-0.1, -0.05) is 38.1 Å². The maximum Gasteiger partial charge on any atom is 0.124 e. The second kappa shape index (κ2) is 9.77. The highest BCUT2D eigenvalue weighted by Crippen LogP contribution is 2.35. The lowest BCUT2D eigenvalue weighted by molar-refractivity contribution is 0.222. The van der Waals surface area contributed by atoms with Crippen molar-refractivity contribution in [2.45, 2.75) is 33.2 Å². The summed E-state index contributed by atoms with van der Waals surface area (Å²) in [6.45, 7) is 11.9. The van der Waals surface area contributed by atoms with Crippen molar-refractivity contribution >= 4 is 0 Å². The van der Waals surface area contributed by atoms with E-state index in [1.54, 1.807) is 0 Å². The molecule has 2 aromatic carbocycles. The van der Waals surface area contributed by atoms with E-state index in [9.17, 15) is 0 Å². The average molecular weight is 369 g/mol. The Balaban J connectivity index is 1.75. The normalized spacial score (nSPS) is 16.2. The molecule has 1 N–H and O–H groups in total. The number of hydrogen-bond donors (Lipinski definition) is 1. The average Bonchev–Trinajstić information content (AvgIpc) is 2.71. The molecule has 0 fully saturated rings. The van der Waals surface area contributed by atoms with E-state index in [1.807, 2.05) is 13.0 Å². The van der Waals surface area contributed by atoms with Crippen LogP contribution in [0.2, 0.25) is 0 Å². The lowest BCUT2D eigenvalue weighted by atomic mass is 9.89. The second-order valence-electron chi connectivity index (χ2n) is 6.84. The molecule has 1 unspecified atom stereocenters. The molecule has 0 bridgehead atoms. The number of likely N-dealkylation sites (N-methyl/N-ethyl adjacent to an activating group) is 1. The first-order chi connectivity index (χ1) is 13.3. The van der Waals surface area contributed by atoms with Crippen LogP contribution >= 0.6 is 0 Å². The van der Waals surface area contributed by atoms with Crippen molar-refractivity contribution in [1.29, 1.82) is 0 Å². The predicted molar refractivity (Wildman–Crippen MR) is 111 cm³/mol. The minimum atomic E-state index is 0.168. The van der Waals surface area contributed by atoms with Crippen molar-refractivity contribution in [3.8, 4) is 11.5 Å². The van der Waals surface area contributed by atoms with Crippen molar-refractivity contribution in [3.63, 3.8) is 0 Å².